The molecular weight excluding hydrogens is 208 g/mol. The molecule has 4 heteroatoms. The number of nitrogens with zero attached hydrogens (tertiary/aromatic N) is 1. The molecule has 1 saturated heterocycles. The van der Waals surface area contributed by atoms with Crippen molar-refractivity contribution in [2.24, 2.45) is 17.6 Å². The summed E-state index contributed by atoms with van der Waals surface area (Å²) in [7, 11) is 0. The topological polar surface area (TPSA) is 49.5 Å². The number of likely N-dealkylation sites (tertiary alicyclic amines) is 1. The first kappa shape index (κ1) is 11.3. The summed E-state index contributed by atoms with van der Waals surface area (Å²) < 4.78 is 0. The second-order valence-corrected chi connectivity index (χ2v) is 5.42. The van der Waals surface area contributed by atoms with Gasteiger partial charge in [0.25, 0.3) is 0 Å². The third kappa shape index (κ3) is 2.68. The van der Waals surface area contributed by atoms with E-state index in [0.717, 1.165) is 38.3 Å². The SMILES string of the molecule is NC(=S)CCCN1CC2CCC(O)C2C1. The van der Waals surface area contributed by atoms with Crippen molar-refractivity contribution in [2.75, 3.05) is 19.6 Å². The Kier molecular flexibility index (Phi) is 3.59. The van der Waals surface area contributed by atoms with E-state index in [4.69, 9.17) is 18.0 Å². The Morgan fingerprint density at radius 2 is 2.20 bits per heavy atom. The van der Waals surface area contributed by atoms with Crippen molar-refractivity contribution in [3.63, 3.8) is 0 Å². The summed E-state index contributed by atoms with van der Waals surface area (Å²) in [5.74, 6) is 1.28. The molecule has 3 N–H and O–H groups in total. The molecule has 2 rings (SSSR count). The van der Waals surface area contributed by atoms with Gasteiger partial charge in [-0.3, -0.25) is 0 Å². The van der Waals surface area contributed by atoms with Crippen molar-refractivity contribution in [1.29, 1.82) is 0 Å². The van der Waals surface area contributed by atoms with Gasteiger partial charge in [-0.2, -0.15) is 0 Å². The lowest BCUT2D eigenvalue weighted by Crippen LogP contribution is -2.26. The van der Waals surface area contributed by atoms with Crippen molar-refractivity contribution in [3.05, 3.63) is 0 Å². The third-order valence-electron chi connectivity index (χ3n) is 3.79. The number of hydrogen-bond donors (Lipinski definition) is 2. The van der Waals surface area contributed by atoms with E-state index in [1.54, 1.807) is 0 Å². The highest BCUT2D eigenvalue weighted by Gasteiger charge is 2.41. The van der Waals surface area contributed by atoms with Gasteiger partial charge in [0.15, 0.2) is 0 Å². The molecule has 0 bridgehead atoms. The van der Waals surface area contributed by atoms with Crippen LogP contribution in [-0.4, -0.2) is 40.7 Å². The van der Waals surface area contributed by atoms with Crippen molar-refractivity contribution < 1.29 is 5.11 Å². The maximum atomic E-state index is 9.76. The molecular formula is C11H20N2OS. The van der Waals surface area contributed by atoms with Crippen LogP contribution >= 0.6 is 12.2 Å². The normalized spacial score (nSPS) is 35.7. The van der Waals surface area contributed by atoms with E-state index in [2.05, 4.69) is 4.90 Å². The zero-order valence-electron chi connectivity index (χ0n) is 9.06. The van der Waals surface area contributed by atoms with Crippen LogP contribution in [0.15, 0.2) is 0 Å². The summed E-state index contributed by atoms with van der Waals surface area (Å²) in [6.07, 6.45) is 4.08. The molecule has 0 spiro atoms. The predicted octanol–water partition coefficient (Wildman–Crippen LogP) is 0.755. The summed E-state index contributed by atoms with van der Waals surface area (Å²) >= 11 is 4.85. The Morgan fingerprint density at radius 1 is 1.40 bits per heavy atom. The van der Waals surface area contributed by atoms with Gasteiger partial charge in [0.05, 0.1) is 11.1 Å². The van der Waals surface area contributed by atoms with Crippen LogP contribution in [0.2, 0.25) is 0 Å². The standard InChI is InChI=1S/C11H20N2OS/c12-11(15)2-1-5-13-6-8-3-4-10(14)9(8)7-13/h8-10,14H,1-7H2,(H2,12,15). The van der Waals surface area contributed by atoms with Gasteiger partial charge in [0.1, 0.15) is 0 Å². The van der Waals surface area contributed by atoms with E-state index in [9.17, 15) is 5.11 Å². The summed E-state index contributed by atoms with van der Waals surface area (Å²) in [6.45, 7) is 3.32. The molecule has 2 fully saturated rings. The highest BCUT2D eigenvalue weighted by Crippen LogP contribution is 2.37. The fraction of sp³-hybridized carbons (Fsp3) is 0.909. The van der Waals surface area contributed by atoms with Crippen LogP contribution in [0, 0.1) is 11.8 Å². The monoisotopic (exact) mass is 228 g/mol. The lowest BCUT2D eigenvalue weighted by Gasteiger charge is -2.17. The van der Waals surface area contributed by atoms with Gasteiger partial charge in [0.2, 0.25) is 0 Å². The smallest absolute Gasteiger partial charge is 0.0727 e. The molecule has 1 aliphatic heterocycles. The molecule has 0 aromatic carbocycles. The maximum absolute atomic E-state index is 9.76. The van der Waals surface area contributed by atoms with E-state index >= 15 is 0 Å². The van der Waals surface area contributed by atoms with E-state index in [1.807, 2.05) is 0 Å². The van der Waals surface area contributed by atoms with Gasteiger partial charge >= 0.3 is 0 Å². The highest BCUT2D eigenvalue weighted by atomic mass is 32.1. The minimum atomic E-state index is -0.0458. The fourth-order valence-electron chi connectivity index (χ4n) is 2.99. The van der Waals surface area contributed by atoms with Crippen molar-refractivity contribution in [2.45, 2.75) is 31.8 Å². The predicted molar refractivity (Wildman–Crippen MR) is 64.7 cm³/mol. The molecule has 3 nitrogen and oxygen atoms in total. The number of aliphatic hydroxyl groups is 1. The van der Waals surface area contributed by atoms with E-state index in [1.165, 1.54) is 13.0 Å². The third-order valence-corrected chi connectivity index (χ3v) is 4.00. The molecule has 3 unspecified atom stereocenters. The second kappa shape index (κ2) is 4.76. The van der Waals surface area contributed by atoms with E-state index in [0.29, 0.717) is 10.9 Å². The van der Waals surface area contributed by atoms with Gasteiger partial charge < -0.3 is 15.7 Å². The zero-order chi connectivity index (χ0) is 10.8. The number of fused-ring (bicyclic) bond motifs is 1. The highest BCUT2D eigenvalue weighted by molar-refractivity contribution is 7.80. The van der Waals surface area contributed by atoms with Gasteiger partial charge in [0, 0.05) is 19.0 Å². The first-order valence-corrected chi connectivity index (χ1v) is 6.26. The Hall–Kier alpha value is -0.190. The molecule has 2 aliphatic rings. The van der Waals surface area contributed by atoms with Crippen LogP contribution in [0.5, 0.6) is 0 Å². The lowest BCUT2D eigenvalue weighted by molar-refractivity contribution is 0.124. The first-order chi connectivity index (χ1) is 7.16. The lowest BCUT2D eigenvalue weighted by atomic mass is 10.00. The molecule has 0 aromatic heterocycles. The van der Waals surface area contributed by atoms with Crippen molar-refractivity contribution >= 4 is 17.2 Å². The van der Waals surface area contributed by atoms with Crippen LogP contribution in [0.4, 0.5) is 0 Å². The summed E-state index contributed by atoms with van der Waals surface area (Å²) in [6, 6.07) is 0. The first-order valence-electron chi connectivity index (χ1n) is 5.85. The van der Waals surface area contributed by atoms with Gasteiger partial charge in [-0.15, -0.1) is 0 Å². The molecule has 0 amide bonds. The minimum Gasteiger partial charge on any atom is -0.393 e. The average molecular weight is 228 g/mol. The molecule has 1 saturated carbocycles. The summed E-state index contributed by atoms with van der Waals surface area (Å²) in [5.41, 5.74) is 5.46. The molecule has 15 heavy (non-hydrogen) atoms. The Labute approximate surface area is 96.6 Å². The number of thiocarbonyl (C=S) groups is 1. The Morgan fingerprint density at radius 3 is 2.87 bits per heavy atom. The van der Waals surface area contributed by atoms with E-state index < -0.39 is 0 Å². The minimum absolute atomic E-state index is 0.0458. The largest absolute Gasteiger partial charge is 0.393 e. The second-order valence-electron chi connectivity index (χ2n) is 4.90. The molecule has 1 aliphatic carbocycles. The Bertz CT molecular complexity index is 247. The van der Waals surface area contributed by atoms with Gasteiger partial charge in [-0.05, 0) is 38.1 Å². The van der Waals surface area contributed by atoms with Gasteiger partial charge in [-0.1, -0.05) is 12.2 Å². The number of nitrogens with two attached hydrogens (primary N) is 1. The Balaban J connectivity index is 1.72. The molecule has 86 valence electrons. The fourth-order valence-corrected chi connectivity index (χ4v) is 3.13. The van der Waals surface area contributed by atoms with Crippen molar-refractivity contribution in [1.82, 2.24) is 4.90 Å². The zero-order valence-corrected chi connectivity index (χ0v) is 9.88. The van der Waals surface area contributed by atoms with Gasteiger partial charge in [-0.25, -0.2) is 0 Å². The maximum Gasteiger partial charge on any atom is 0.0727 e. The summed E-state index contributed by atoms with van der Waals surface area (Å²) in [5, 5.41) is 9.76. The molecule has 1 heterocycles. The van der Waals surface area contributed by atoms with Crippen LogP contribution in [0.3, 0.4) is 0 Å². The molecule has 0 radical (unpaired) electrons. The number of rotatable bonds is 4. The van der Waals surface area contributed by atoms with E-state index in [-0.39, 0.29) is 6.10 Å². The summed E-state index contributed by atoms with van der Waals surface area (Å²) in [4.78, 5) is 3.07. The van der Waals surface area contributed by atoms with Crippen LogP contribution in [0.25, 0.3) is 0 Å². The van der Waals surface area contributed by atoms with Crippen LogP contribution in [-0.2, 0) is 0 Å². The average Bonchev–Trinajstić information content (AvgIpc) is 2.69. The van der Waals surface area contributed by atoms with Crippen LogP contribution < -0.4 is 5.73 Å². The molecule has 3 atom stereocenters. The van der Waals surface area contributed by atoms with Crippen LogP contribution in [0.1, 0.15) is 25.7 Å². The number of hydrogen-bond acceptors (Lipinski definition) is 3. The number of aliphatic hydroxyl groups excluding tert-OH is 1. The van der Waals surface area contributed by atoms with Crippen molar-refractivity contribution in [3.8, 4) is 0 Å². The quantitative estimate of drug-likeness (QED) is 0.697. The molecule has 0 aromatic rings.